The van der Waals surface area contributed by atoms with Gasteiger partial charge >= 0.3 is 0 Å². The van der Waals surface area contributed by atoms with E-state index in [9.17, 15) is 4.79 Å². The Morgan fingerprint density at radius 1 is 1.43 bits per heavy atom. The van der Waals surface area contributed by atoms with E-state index in [2.05, 4.69) is 15.3 Å². The van der Waals surface area contributed by atoms with Crippen LogP contribution >= 0.6 is 0 Å². The number of aromatic nitrogens is 2. The van der Waals surface area contributed by atoms with Gasteiger partial charge in [0.05, 0.1) is 11.4 Å². The molecule has 0 fully saturated rings. The molecule has 1 amide bonds. The maximum absolute atomic E-state index is 10.9. The van der Waals surface area contributed by atoms with Gasteiger partial charge in [0.15, 0.2) is 5.82 Å². The highest BCUT2D eigenvalue weighted by Crippen LogP contribution is 2.11. The van der Waals surface area contributed by atoms with E-state index < -0.39 is 0 Å². The number of rotatable bonds is 3. The Morgan fingerprint density at radius 3 is 2.64 bits per heavy atom. The minimum absolute atomic E-state index is 0.109. The largest absolute Gasteiger partial charge is 0.309 e. The molecule has 0 atom stereocenters. The Labute approximate surface area is 83.8 Å². The van der Waals surface area contributed by atoms with Gasteiger partial charge in [0.2, 0.25) is 5.91 Å². The molecule has 4 heteroatoms. The van der Waals surface area contributed by atoms with Crippen LogP contribution in [0.15, 0.2) is 6.20 Å². The molecule has 4 nitrogen and oxygen atoms in total. The lowest BCUT2D eigenvalue weighted by molar-refractivity contribution is -0.114. The van der Waals surface area contributed by atoms with Gasteiger partial charge in [-0.3, -0.25) is 9.78 Å². The second kappa shape index (κ2) is 4.69. The zero-order valence-electron chi connectivity index (χ0n) is 8.79. The van der Waals surface area contributed by atoms with Crippen molar-refractivity contribution >= 4 is 11.7 Å². The third-order valence-corrected chi connectivity index (χ3v) is 1.89. The summed E-state index contributed by atoms with van der Waals surface area (Å²) in [6.07, 6.45) is 3.35. The van der Waals surface area contributed by atoms with Crippen molar-refractivity contribution in [3.05, 3.63) is 17.6 Å². The standard InChI is InChI=1S/C10H15N3O/c1-4-8-6-11-9(5-2)10(13-8)12-7(3)14/h6H,4-5H2,1-3H3,(H,12,13,14). The molecule has 0 radical (unpaired) electrons. The first-order valence-electron chi connectivity index (χ1n) is 4.79. The summed E-state index contributed by atoms with van der Waals surface area (Å²) in [5.41, 5.74) is 1.73. The molecule has 1 heterocycles. The van der Waals surface area contributed by atoms with Crippen molar-refractivity contribution in [3.8, 4) is 0 Å². The Hall–Kier alpha value is -1.45. The summed E-state index contributed by atoms with van der Waals surface area (Å²) in [7, 11) is 0. The Bertz CT molecular complexity index is 336. The molecule has 0 unspecified atom stereocenters. The maximum atomic E-state index is 10.9. The number of aryl methyl sites for hydroxylation is 2. The lowest BCUT2D eigenvalue weighted by atomic mass is 10.3. The second-order valence-corrected chi connectivity index (χ2v) is 3.04. The molecule has 1 aromatic rings. The van der Waals surface area contributed by atoms with Crippen LogP contribution in [0.25, 0.3) is 0 Å². The fourth-order valence-corrected chi connectivity index (χ4v) is 1.15. The molecule has 1 aromatic heterocycles. The SMILES string of the molecule is CCc1cnc(CC)c(NC(C)=O)n1. The Balaban J connectivity index is 3.01. The molecule has 0 aromatic carbocycles. The first-order valence-corrected chi connectivity index (χ1v) is 4.79. The Morgan fingerprint density at radius 2 is 2.14 bits per heavy atom. The molecule has 0 aliphatic heterocycles. The van der Waals surface area contributed by atoms with E-state index in [0.29, 0.717) is 5.82 Å². The molecule has 0 aliphatic rings. The number of hydrogen-bond acceptors (Lipinski definition) is 3. The van der Waals surface area contributed by atoms with Crippen LogP contribution in [0.4, 0.5) is 5.82 Å². The van der Waals surface area contributed by atoms with E-state index in [0.717, 1.165) is 24.2 Å². The maximum Gasteiger partial charge on any atom is 0.222 e. The van der Waals surface area contributed by atoms with Crippen LogP contribution in [-0.4, -0.2) is 15.9 Å². The minimum atomic E-state index is -0.109. The summed E-state index contributed by atoms with van der Waals surface area (Å²) in [5, 5.41) is 2.69. The van der Waals surface area contributed by atoms with E-state index in [1.807, 2.05) is 13.8 Å². The predicted molar refractivity (Wildman–Crippen MR) is 55.1 cm³/mol. The van der Waals surface area contributed by atoms with Crippen LogP contribution in [0.2, 0.25) is 0 Å². The first kappa shape index (κ1) is 10.6. The smallest absolute Gasteiger partial charge is 0.222 e. The van der Waals surface area contributed by atoms with Gasteiger partial charge in [0.25, 0.3) is 0 Å². The lowest BCUT2D eigenvalue weighted by Gasteiger charge is -2.07. The quantitative estimate of drug-likeness (QED) is 0.792. The number of nitrogens with one attached hydrogen (secondary N) is 1. The van der Waals surface area contributed by atoms with Crippen molar-refractivity contribution in [2.24, 2.45) is 0 Å². The number of nitrogens with zero attached hydrogens (tertiary/aromatic N) is 2. The first-order chi connectivity index (χ1) is 6.67. The minimum Gasteiger partial charge on any atom is -0.309 e. The molecule has 0 aliphatic carbocycles. The molecular formula is C10H15N3O. The number of hydrogen-bond donors (Lipinski definition) is 1. The normalized spacial score (nSPS) is 9.93. The van der Waals surface area contributed by atoms with Gasteiger partial charge in [0, 0.05) is 13.1 Å². The number of anilines is 1. The summed E-state index contributed by atoms with van der Waals surface area (Å²) < 4.78 is 0. The highest BCUT2D eigenvalue weighted by molar-refractivity contribution is 5.88. The molecule has 0 bridgehead atoms. The fourth-order valence-electron chi connectivity index (χ4n) is 1.15. The highest BCUT2D eigenvalue weighted by atomic mass is 16.1. The molecule has 1 N–H and O–H groups in total. The molecule has 14 heavy (non-hydrogen) atoms. The third-order valence-electron chi connectivity index (χ3n) is 1.89. The van der Waals surface area contributed by atoms with Crippen molar-refractivity contribution in [2.45, 2.75) is 33.6 Å². The molecular weight excluding hydrogens is 178 g/mol. The summed E-state index contributed by atoms with van der Waals surface area (Å²) >= 11 is 0. The van der Waals surface area contributed by atoms with Crippen LogP contribution in [0, 0.1) is 0 Å². The van der Waals surface area contributed by atoms with Crippen molar-refractivity contribution < 1.29 is 4.79 Å². The Kier molecular flexibility index (Phi) is 3.56. The highest BCUT2D eigenvalue weighted by Gasteiger charge is 2.06. The number of carbonyl (C=O) groups is 1. The van der Waals surface area contributed by atoms with E-state index in [-0.39, 0.29) is 5.91 Å². The molecule has 1 rings (SSSR count). The van der Waals surface area contributed by atoms with E-state index in [1.165, 1.54) is 6.92 Å². The molecule has 76 valence electrons. The average molecular weight is 193 g/mol. The van der Waals surface area contributed by atoms with Gasteiger partial charge < -0.3 is 5.32 Å². The second-order valence-electron chi connectivity index (χ2n) is 3.04. The van der Waals surface area contributed by atoms with E-state index in [1.54, 1.807) is 6.20 Å². The zero-order chi connectivity index (χ0) is 10.6. The lowest BCUT2D eigenvalue weighted by Crippen LogP contribution is -2.12. The van der Waals surface area contributed by atoms with Crippen molar-refractivity contribution in [3.63, 3.8) is 0 Å². The van der Waals surface area contributed by atoms with Crippen LogP contribution in [-0.2, 0) is 17.6 Å². The van der Waals surface area contributed by atoms with Crippen LogP contribution in [0.1, 0.15) is 32.2 Å². The third kappa shape index (κ3) is 2.52. The van der Waals surface area contributed by atoms with Crippen molar-refractivity contribution in [1.29, 1.82) is 0 Å². The van der Waals surface area contributed by atoms with Gasteiger partial charge in [-0.1, -0.05) is 13.8 Å². The average Bonchev–Trinajstić information content (AvgIpc) is 2.16. The van der Waals surface area contributed by atoms with Crippen molar-refractivity contribution in [2.75, 3.05) is 5.32 Å². The summed E-state index contributed by atoms with van der Waals surface area (Å²) in [4.78, 5) is 19.5. The van der Waals surface area contributed by atoms with Gasteiger partial charge in [0.1, 0.15) is 0 Å². The van der Waals surface area contributed by atoms with Gasteiger partial charge in [-0.2, -0.15) is 0 Å². The van der Waals surface area contributed by atoms with E-state index >= 15 is 0 Å². The summed E-state index contributed by atoms with van der Waals surface area (Å²) in [6, 6.07) is 0. The van der Waals surface area contributed by atoms with E-state index in [4.69, 9.17) is 0 Å². The van der Waals surface area contributed by atoms with Crippen LogP contribution in [0.3, 0.4) is 0 Å². The predicted octanol–water partition coefficient (Wildman–Crippen LogP) is 1.56. The van der Waals surface area contributed by atoms with Crippen LogP contribution < -0.4 is 5.32 Å². The molecule has 0 saturated heterocycles. The number of carbonyl (C=O) groups excluding carboxylic acids is 1. The zero-order valence-corrected chi connectivity index (χ0v) is 8.79. The number of amides is 1. The van der Waals surface area contributed by atoms with Gasteiger partial charge in [-0.25, -0.2) is 4.98 Å². The molecule has 0 spiro atoms. The topological polar surface area (TPSA) is 54.9 Å². The summed E-state index contributed by atoms with van der Waals surface area (Å²) in [6.45, 7) is 5.47. The summed E-state index contributed by atoms with van der Waals surface area (Å²) in [5.74, 6) is 0.488. The monoisotopic (exact) mass is 193 g/mol. The van der Waals surface area contributed by atoms with Crippen molar-refractivity contribution in [1.82, 2.24) is 9.97 Å². The fraction of sp³-hybridized carbons (Fsp3) is 0.500. The van der Waals surface area contributed by atoms with Gasteiger partial charge in [-0.05, 0) is 12.8 Å². The molecule has 0 saturated carbocycles. The van der Waals surface area contributed by atoms with Gasteiger partial charge in [-0.15, -0.1) is 0 Å². The van der Waals surface area contributed by atoms with Crippen LogP contribution in [0.5, 0.6) is 0 Å².